The highest BCUT2D eigenvalue weighted by molar-refractivity contribution is 14.1. The van der Waals surface area contributed by atoms with Gasteiger partial charge in [0, 0.05) is 64.6 Å². The van der Waals surface area contributed by atoms with Crippen LogP contribution in [0, 0.1) is 23.8 Å². The van der Waals surface area contributed by atoms with Crippen molar-refractivity contribution in [3.63, 3.8) is 0 Å². The zero-order valence-corrected chi connectivity index (χ0v) is 26.0. The molecule has 2 heterocycles. The maximum absolute atomic E-state index is 12.7. The van der Waals surface area contributed by atoms with Crippen LogP contribution in [0.5, 0.6) is 0 Å². The van der Waals surface area contributed by atoms with Crippen LogP contribution in [0.25, 0.3) is 11.1 Å². The zero-order valence-electron chi connectivity index (χ0n) is 23.1. The Morgan fingerprint density at radius 3 is 1.67 bits per heavy atom. The molecule has 2 aliphatic rings. The van der Waals surface area contributed by atoms with Gasteiger partial charge in [-0.05, 0) is 69.3 Å². The lowest BCUT2D eigenvalue weighted by molar-refractivity contribution is -0.385. The first kappa shape index (κ1) is 34.9. The second-order valence-electron chi connectivity index (χ2n) is 10.1. The number of hydrogen-bond donors (Lipinski definition) is 0. The summed E-state index contributed by atoms with van der Waals surface area (Å²) in [6, 6.07) is 11.9. The molecule has 0 unspecified atom stereocenters. The number of fused-ring (bicyclic) bond motifs is 2. The third-order valence-corrected chi connectivity index (χ3v) is 8.52. The Bertz CT molecular complexity index is 1740. The summed E-state index contributed by atoms with van der Waals surface area (Å²) in [7, 11) is 0. The monoisotopic (exact) mass is 784 g/mol. The Kier molecular flexibility index (Phi) is 10.1. The summed E-state index contributed by atoms with van der Waals surface area (Å²) < 4.78 is 75.9. The second-order valence-corrected chi connectivity index (χ2v) is 11.7. The number of hydrogen-bond acceptors (Lipinski definition) is 6. The van der Waals surface area contributed by atoms with Gasteiger partial charge in [-0.3, -0.25) is 29.8 Å². The lowest BCUT2D eigenvalue weighted by Crippen LogP contribution is -2.43. The molecule has 0 aromatic heterocycles. The quantitative estimate of drug-likeness (QED) is 0.122. The van der Waals surface area contributed by atoms with Gasteiger partial charge < -0.3 is 9.80 Å². The van der Waals surface area contributed by atoms with Crippen molar-refractivity contribution >= 4 is 57.4 Å². The molecule has 0 radical (unpaired) electrons. The highest BCUT2D eigenvalue weighted by Gasteiger charge is 2.44. The number of nitrogens with zero attached hydrogens (tertiary/aromatic N) is 4. The molecule has 3 aromatic rings. The van der Waals surface area contributed by atoms with Crippen LogP contribution in [-0.2, 0) is 35.5 Å². The molecule has 0 aliphatic carbocycles. The number of rotatable bonds is 3. The first-order chi connectivity index (χ1) is 21.4. The minimum atomic E-state index is -4.98. The fourth-order valence-electron chi connectivity index (χ4n) is 5.15. The Labute approximate surface area is 274 Å². The summed E-state index contributed by atoms with van der Waals surface area (Å²) in [4.78, 5) is 44.8. The van der Waals surface area contributed by atoms with Gasteiger partial charge in [0.1, 0.15) is 0 Å². The largest absolute Gasteiger partial charge is 0.471 e. The average molecular weight is 785 g/mol. The molecule has 18 heteroatoms. The smallest absolute Gasteiger partial charge is 0.330 e. The molecular weight excluding hydrogens is 765 g/mol. The van der Waals surface area contributed by atoms with Crippen molar-refractivity contribution in [2.24, 2.45) is 0 Å². The molecule has 2 amide bonds. The molecule has 46 heavy (non-hydrogen) atoms. The zero-order chi connectivity index (χ0) is 34.1. The van der Waals surface area contributed by atoms with Crippen LogP contribution in [0.1, 0.15) is 22.3 Å². The fraction of sp³-hybridized carbons (Fsp3) is 0.286. The normalized spacial score (nSPS) is 14.4. The number of nitro benzene ring substituents is 2. The number of carbonyl (C=O) groups excluding carboxylic acids is 2. The van der Waals surface area contributed by atoms with Gasteiger partial charge in [-0.1, -0.05) is 29.8 Å². The first-order valence-electron chi connectivity index (χ1n) is 13.1. The summed E-state index contributed by atoms with van der Waals surface area (Å²) >= 11 is 8.10. The van der Waals surface area contributed by atoms with E-state index in [4.69, 9.17) is 11.6 Å². The first-order valence-corrected chi connectivity index (χ1v) is 14.6. The van der Waals surface area contributed by atoms with Crippen molar-refractivity contribution < 1.29 is 45.8 Å². The van der Waals surface area contributed by atoms with E-state index in [0.29, 0.717) is 46.2 Å². The molecule has 0 saturated heterocycles. The predicted molar refractivity (Wildman–Crippen MR) is 160 cm³/mol. The van der Waals surface area contributed by atoms with E-state index in [1.807, 2.05) is 22.6 Å². The van der Waals surface area contributed by atoms with E-state index in [-0.39, 0.29) is 50.4 Å². The van der Waals surface area contributed by atoms with Gasteiger partial charge in [0.25, 0.3) is 11.4 Å². The number of halogens is 8. The Hall–Kier alpha value is -4.00. The number of benzene rings is 3. The highest BCUT2D eigenvalue weighted by atomic mass is 127. The maximum atomic E-state index is 12.7. The molecule has 3 aromatic carbocycles. The van der Waals surface area contributed by atoms with E-state index in [0.717, 1.165) is 5.56 Å². The lowest BCUT2D eigenvalue weighted by atomic mass is 9.90. The number of nitro groups is 2. The molecule has 0 bridgehead atoms. The van der Waals surface area contributed by atoms with E-state index in [1.54, 1.807) is 24.3 Å². The molecule has 0 N–H and O–H groups in total. The fourth-order valence-corrected chi connectivity index (χ4v) is 6.32. The van der Waals surface area contributed by atoms with Crippen LogP contribution in [0.4, 0.5) is 37.7 Å². The van der Waals surface area contributed by atoms with Crippen molar-refractivity contribution in [3.05, 3.63) is 99.6 Å². The molecule has 0 atom stereocenters. The van der Waals surface area contributed by atoms with E-state index >= 15 is 0 Å². The Balaban J connectivity index is 0.000000216. The van der Waals surface area contributed by atoms with Crippen LogP contribution in [-0.4, -0.2) is 56.9 Å². The van der Waals surface area contributed by atoms with Gasteiger partial charge >= 0.3 is 24.2 Å². The van der Waals surface area contributed by atoms with Crippen molar-refractivity contribution in [2.45, 2.75) is 38.3 Å². The van der Waals surface area contributed by atoms with Crippen molar-refractivity contribution in [3.8, 4) is 11.1 Å². The third kappa shape index (κ3) is 7.68. The number of non-ortho nitro benzene ring substituents is 2. The van der Waals surface area contributed by atoms with Gasteiger partial charge in [0.05, 0.1) is 9.85 Å². The van der Waals surface area contributed by atoms with Crippen molar-refractivity contribution in [1.82, 2.24) is 9.80 Å². The van der Waals surface area contributed by atoms with E-state index < -0.39 is 34.0 Å². The molecule has 244 valence electrons. The molecular formula is C28H20ClF6IN4O6. The molecule has 0 spiro atoms. The summed E-state index contributed by atoms with van der Waals surface area (Å²) in [5, 5.41) is 22.4. The summed E-state index contributed by atoms with van der Waals surface area (Å²) in [5.74, 6) is -3.86. The molecule has 0 fully saturated rings. The molecule has 2 aliphatic heterocycles. The highest BCUT2D eigenvalue weighted by Crippen LogP contribution is 2.38. The second kappa shape index (κ2) is 13.4. The molecule has 5 rings (SSSR count). The van der Waals surface area contributed by atoms with Gasteiger partial charge in [-0.25, -0.2) is 0 Å². The average Bonchev–Trinajstić information content (AvgIpc) is 2.98. The van der Waals surface area contributed by atoms with E-state index in [2.05, 4.69) is 0 Å². The topological polar surface area (TPSA) is 127 Å². The predicted octanol–water partition coefficient (Wildman–Crippen LogP) is 7.01. The standard InChI is InChI=1S/C17H12ClF3N2O3.C11H8F3IN2O3/c18-15-4-2-1-3-13(15)14-8-11(23(25)26)7-10-9-22(6-5-12(10)14)16(24)17(19,20)21;12-11(13,14)10(18)16-2-1-8-6(5-16)3-7(17(19)20)4-9(8)15/h1-4,7-8H,5-6,9H2;3-4H,1-2,5H2. The summed E-state index contributed by atoms with van der Waals surface area (Å²) in [5.41, 5.74) is 2.75. The van der Waals surface area contributed by atoms with Crippen LogP contribution in [0.2, 0.25) is 5.02 Å². The number of alkyl halides is 6. The van der Waals surface area contributed by atoms with Gasteiger partial charge in [-0.2, -0.15) is 26.3 Å². The number of carbonyl (C=O) groups is 2. The summed E-state index contributed by atoms with van der Waals surface area (Å²) in [6.07, 6.45) is -9.50. The van der Waals surface area contributed by atoms with Gasteiger partial charge in [0.15, 0.2) is 0 Å². The van der Waals surface area contributed by atoms with Crippen molar-refractivity contribution in [2.75, 3.05) is 13.1 Å². The SMILES string of the molecule is O=C(N1CCc2c(I)cc([N+](=O)[O-])cc2C1)C(F)(F)F.O=C(N1CCc2c(cc([N+](=O)[O-])cc2-c2ccccc2Cl)C1)C(F)(F)F. The maximum Gasteiger partial charge on any atom is 0.471 e. The Morgan fingerprint density at radius 2 is 1.20 bits per heavy atom. The lowest BCUT2D eigenvalue weighted by Gasteiger charge is -2.30. The van der Waals surface area contributed by atoms with Gasteiger partial charge in [-0.15, -0.1) is 0 Å². The third-order valence-electron chi connectivity index (χ3n) is 7.23. The minimum Gasteiger partial charge on any atom is -0.330 e. The minimum absolute atomic E-state index is 0.0425. The summed E-state index contributed by atoms with van der Waals surface area (Å²) in [6.45, 7) is -0.766. The molecule has 10 nitrogen and oxygen atoms in total. The van der Waals surface area contributed by atoms with Gasteiger partial charge in [0.2, 0.25) is 0 Å². The molecule has 0 saturated carbocycles. The van der Waals surface area contributed by atoms with E-state index in [1.165, 1.54) is 24.3 Å². The number of amides is 2. The van der Waals surface area contributed by atoms with Crippen LogP contribution < -0.4 is 0 Å². The van der Waals surface area contributed by atoms with Crippen LogP contribution >= 0.6 is 34.2 Å². The Morgan fingerprint density at radius 1 is 0.739 bits per heavy atom. The van der Waals surface area contributed by atoms with Crippen LogP contribution in [0.3, 0.4) is 0 Å². The van der Waals surface area contributed by atoms with Crippen molar-refractivity contribution in [1.29, 1.82) is 0 Å². The van der Waals surface area contributed by atoms with Crippen LogP contribution in [0.15, 0.2) is 48.5 Å². The van der Waals surface area contributed by atoms with E-state index in [9.17, 15) is 56.2 Å².